The van der Waals surface area contributed by atoms with Gasteiger partial charge in [-0.15, -0.1) is 0 Å². The van der Waals surface area contributed by atoms with Crippen LogP contribution in [0.5, 0.6) is 5.75 Å². The Morgan fingerprint density at radius 3 is 2.60 bits per heavy atom. The van der Waals surface area contributed by atoms with Gasteiger partial charge in [0.05, 0.1) is 6.21 Å². The fourth-order valence-electron chi connectivity index (χ4n) is 2.23. The third-order valence-electron chi connectivity index (χ3n) is 3.49. The summed E-state index contributed by atoms with van der Waals surface area (Å²) in [6.07, 6.45) is 1.55. The lowest BCUT2D eigenvalue weighted by molar-refractivity contribution is 0.0926. The van der Waals surface area contributed by atoms with E-state index in [4.69, 9.17) is 9.15 Å². The number of nitrogens with one attached hydrogen (secondary N) is 1. The zero-order valence-electron chi connectivity index (χ0n) is 13.8. The van der Waals surface area contributed by atoms with Crippen LogP contribution in [0.2, 0.25) is 0 Å². The van der Waals surface area contributed by atoms with Crippen molar-refractivity contribution >= 4 is 12.1 Å². The van der Waals surface area contributed by atoms with E-state index in [0.29, 0.717) is 18.1 Å². The summed E-state index contributed by atoms with van der Waals surface area (Å²) in [5, 5.41) is 3.98. The van der Waals surface area contributed by atoms with E-state index in [0.717, 1.165) is 11.1 Å². The number of nitrogens with zero attached hydrogens (tertiary/aromatic N) is 1. The van der Waals surface area contributed by atoms with Gasteiger partial charge in [-0.2, -0.15) is 5.10 Å². The molecule has 0 unspecified atom stereocenters. The number of rotatable bonds is 6. The zero-order valence-corrected chi connectivity index (χ0v) is 13.8. The van der Waals surface area contributed by atoms with Crippen LogP contribution in [-0.4, -0.2) is 12.1 Å². The van der Waals surface area contributed by atoms with Crippen molar-refractivity contribution in [3.63, 3.8) is 0 Å². The quantitative estimate of drug-likeness (QED) is 0.549. The summed E-state index contributed by atoms with van der Waals surface area (Å²) in [4.78, 5) is 11.9. The Morgan fingerprint density at radius 2 is 1.84 bits per heavy atom. The predicted octanol–water partition coefficient (Wildman–Crippen LogP) is 3.93. The maximum atomic E-state index is 11.9. The zero-order chi connectivity index (χ0) is 17.5. The van der Waals surface area contributed by atoms with E-state index in [1.54, 1.807) is 25.3 Å². The minimum atomic E-state index is -0.396. The van der Waals surface area contributed by atoms with Gasteiger partial charge in [0.1, 0.15) is 18.1 Å². The number of furan rings is 1. The summed E-state index contributed by atoms with van der Waals surface area (Å²) in [6, 6.07) is 20.8. The highest BCUT2D eigenvalue weighted by Crippen LogP contribution is 2.17. The fourth-order valence-corrected chi connectivity index (χ4v) is 2.23. The molecule has 2 aromatic carbocycles. The Balaban J connectivity index is 1.63. The van der Waals surface area contributed by atoms with Crippen molar-refractivity contribution in [3.8, 4) is 5.75 Å². The van der Waals surface area contributed by atoms with Gasteiger partial charge in [-0.25, -0.2) is 5.43 Å². The number of benzene rings is 2. The van der Waals surface area contributed by atoms with Crippen molar-refractivity contribution in [1.29, 1.82) is 0 Å². The summed E-state index contributed by atoms with van der Waals surface area (Å²) >= 11 is 0. The summed E-state index contributed by atoms with van der Waals surface area (Å²) < 4.78 is 11.1. The molecule has 0 atom stereocenters. The summed E-state index contributed by atoms with van der Waals surface area (Å²) in [7, 11) is 0. The summed E-state index contributed by atoms with van der Waals surface area (Å²) in [5.74, 6) is 1.20. The van der Waals surface area contributed by atoms with E-state index >= 15 is 0 Å². The number of para-hydroxylation sites is 1. The molecule has 3 rings (SSSR count). The van der Waals surface area contributed by atoms with Crippen molar-refractivity contribution < 1.29 is 13.9 Å². The molecule has 0 radical (unpaired) electrons. The van der Waals surface area contributed by atoms with Crippen LogP contribution in [0.4, 0.5) is 0 Å². The van der Waals surface area contributed by atoms with Gasteiger partial charge < -0.3 is 9.15 Å². The van der Waals surface area contributed by atoms with E-state index in [-0.39, 0.29) is 5.76 Å². The SMILES string of the molecule is Cc1ccc(C(=O)N/N=C\c2ccccc2OCc2ccccc2)o1. The Morgan fingerprint density at radius 1 is 1.08 bits per heavy atom. The Labute approximate surface area is 145 Å². The molecule has 1 aromatic heterocycles. The lowest BCUT2D eigenvalue weighted by atomic mass is 10.2. The van der Waals surface area contributed by atoms with Crippen molar-refractivity contribution in [2.24, 2.45) is 5.10 Å². The third-order valence-corrected chi connectivity index (χ3v) is 3.49. The molecule has 0 aliphatic rings. The van der Waals surface area contributed by atoms with Gasteiger partial charge in [-0.05, 0) is 36.8 Å². The molecule has 3 aromatic rings. The number of hydrogen-bond acceptors (Lipinski definition) is 4. The summed E-state index contributed by atoms with van der Waals surface area (Å²) in [6.45, 7) is 2.24. The van der Waals surface area contributed by atoms with Crippen molar-refractivity contribution in [3.05, 3.63) is 89.4 Å². The molecule has 0 bridgehead atoms. The van der Waals surface area contributed by atoms with Crippen LogP contribution >= 0.6 is 0 Å². The molecule has 0 aliphatic carbocycles. The molecule has 1 heterocycles. The highest BCUT2D eigenvalue weighted by molar-refractivity contribution is 5.92. The number of amides is 1. The van der Waals surface area contributed by atoms with E-state index in [9.17, 15) is 4.79 Å². The number of ether oxygens (including phenoxy) is 1. The minimum Gasteiger partial charge on any atom is -0.488 e. The molecule has 0 fully saturated rings. The largest absolute Gasteiger partial charge is 0.488 e. The molecule has 25 heavy (non-hydrogen) atoms. The van der Waals surface area contributed by atoms with Crippen LogP contribution in [0.1, 0.15) is 27.4 Å². The number of carbonyl (C=O) groups excluding carboxylic acids is 1. The van der Waals surface area contributed by atoms with Crippen LogP contribution in [-0.2, 0) is 6.61 Å². The molecule has 0 aliphatic heterocycles. The van der Waals surface area contributed by atoms with Gasteiger partial charge in [-0.1, -0.05) is 42.5 Å². The Hall–Kier alpha value is -3.34. The standard InChI is InChI=1S/C20H18N2O3/c1-15-11-12-19(25-15)20(23)22-21-13-17-9-5-6-10-18(17)24-14-16-7-3-2-4-8-16/h2-13H,14H2,1H3,(H,22,23)/b21-13-. The molecule has 1 N–H and O–H groups in total. The topological polar surface area (TPSA) is 63.8 Å². The van der Waals surface area contributed by atoms with Crippen LogP contribution in [0.15, 0.2) is 76.2 Å². The fraction of sp³-hybridized carbons (Fsp3) is 0.100. The minimum absolute atomic E-state index is 0.225. The first-order chi connectivity index (χ1) is 12.2. The second-order valence-electron chi connectivity index (χ2n) is 5.42. The van der Waals surface area contributed by atoms with Gasteiger partial charge >= 0.3 is 5.91 Å². The number of carbonyl (C=O) groups is 1. The lowest BCUT2D eigenvalue weighted by Crippen LogP contribution is -2.16. The number of aryl methyl sites for hydroxylation is 1. The first-order valence-electron chi connectivity index (χ1n) is 7.88. The van der Waals surface area contributed by atoms with Gasteiger partial charge in [-0.3, -0.25) is 4.79 Å². The number of hydrazone groups is 1. The first-order valence-corrected chi connectivity index (χ1v) is 7.88. The third kappa shape index (κ3) is 4.57. The van der Waals surface area contributed by atoms with Crippen LogP contribution < -0.4 is 10.2 Å². The van der Waals surface area contributed by atoms with Gasteiger partial charge in [0.15, 0.2) is 5.76 Å². The van der Waals surface area contributed by atoms with E-state index < -0.39 is 5.91 Å². The molecule has 126 valence electrons. The van der Waals surface area contributed by atoms with E-state index in [1.165, 1.54) is 0 Å². The van der Waals surface area contributed by atoms with Gasteiger partial charge in [0.25, 0.3) is 0 Å². The van der Waals surface area contributed by atoms with Crippen LogP contribution in [0.25, 0.3) is 0 Å². The maximum absolute atomic E-state index is 11.9. The van der Waals surface area contributed by atoms with Gasteiger partial charge in [0, 0.05) is 5.56 Å². The first kappa shape index (κ1) is 16.5. The second-order valence-corrected chi connectivity index (χ2v) is 5.42. The highest BCUT2D eigenvalue weighted by atomic mass is 16.5. The molecule has 0 saturated carbocycles. The Kier molecular flexibility index (Phi) is 5.26. The van der Waals surface area contributed by atoms with Crippen LogP contribution in [0.3, 0.4) is 0 Å². The molecule has 5 nitrogen and oxygen atoms in total. The highest BCUT2D eigenvalue weighted by Gasteiger charge is 2.08. The monoisotopic (exact) mass is 334 g/mol. The average Bonchev–Trinajstić information content (AvgIpc) is 3.08. The molecule has 5 heteroatoms. The molecule has 1 amide bonds. The molecular weight excluding hydrogens is 316 g/mol. The molecule has 0 saturated heterocycles. The normalized spacial score (nSPS) is 10.8. The summed E-state index contributed by atoms with van der Waals surface area (Å²) in [5.41, 5.74) is 4.29. The Bertz CT molecular complexity index is 869. The van der Waals surface area contributed by atoms with Gasteiger partial charge in [0.2, 0.25) is 0 Å². The van der Waals surface area contributed by atoms with Crippen molar-refractivity contribution in [1.82, 2.24) is 5.43 Å². The maximum Gasteiger partial charge on any atom is 0.307 e. The molecule has 0 spiro atoms. The van der Waals surface area contributed by atoms with Crippen molar-refractivity contribution in [2.75, 3.05) is 0 Å². The number of hydrogen-bond donors (Lipinski definition) is 1. The lowest BCUT2D eigenvalue weighted by Gasteiger charge is -2.08. The second kappa shape index (κ2) is 7.97. The predicted molar refractivity (Wildman–Crippen MR) is 95.7 cm³/mol. The van der Waals surface area contributed by atoms with E-state index in [2.05, 4.69) is 10.5 Å². The van der Waals surface area contributed by atoms with E-state index in [1.807, 2.05) is 54.6 Å². The van der Waals surface area contributed by atoms with Crippen molar-refractivity contribution in [2.45, 2.75) is 13.5 Å². The smallest absolute Gasteiger partial charge is 0.307 e. The van der Waals surface area contributed by atoms with Crippen LogP contribution in [0, 0.1) is 6.92 Å². The molecular formula is C20H18N2O3. The average molecular weight is 334 g/mol.